The number of carboxylic acids is 1. The fraction of sp³-hybridized carbons (Fsp3) is 0.286. The largest absolute Gasteiger partial charge is 0.508 e. The lowest BCUT2D eigenvalue weighted by Crippen LogP contribution is -2.10. The van der Waals surface area contributed by atoms with Crippen molar-refractivity contribution in [1.82, 2.24) is 0 Å². The van der Waals surface area contributed by atoms with Gasteiger partial charge in [0.2, 0.25) is 0 Å². The second kappa shape index (κ2) is 8.04. The van der Waals surface area contributed by atoms with Crippen LogP contribution in [-0.4, -0.2) is 22.8 Å². The Morgan fingerprint density at radius 2 is 2.04 bits per heavy atom. The maximum absolute atomic E-state index is 14.9. The van der Waals surface area contributed by atoms with Crippen LogP contribution in [-0.2, 0) is 11.2 Å². The van der Waals surface area contributed by atoms with Crippen LogP contribution in [0.2, 0.25) is 0 Å². The zero-order valence-electron chi connectivity index (χ0n) is 15.2. The maximum atomic E-state index is 14.9. The molecule has 2 aromatic carbocycles. The lowest BCUT2D eigenvalue weighted by molar-refractivity contribution is -0.139. The van der Waals surface area contributed by atoms with Crippen LogP contribution >= 0.6 is 0 Å². The molecule has 0 radical (unpaired) electrons. The van der Waals surface area contributed by atoms with Crippen LogP contribution in [0, 0.1) is 12.7 Å². The van der Waals surface area contributed by atoms with Crippen molar-refractivity contribution in [2.45, 2.75) is 33.1 Å². The zero-order chi connectivity index (χ0) is 19.4. The molecular weight excluding hydrogens is 335 g/mol. The van der Waals surface area contributed by atoms with Crippen molar-refractivity contribution in [1.29, 1.82) is 0 Å². The minimum absolute atomic E-state index is 0.0423. The van der Waals surface area contributed by atoms with Gasteiger partial charge in [0.25, 0.3) is 0 Å². The van der Waals surface area contributed by atoms with Gasteiger partial charge in [0, 0.05) is 12.0 Å². The molecule has 0 atom stereocenters. The maximum Gasteiger partial charge on any atom is 0.341 e. The van der Waals surface area contributed by atoms with E-state index in [9.17, 15) is 14.3 Å². The van der Waals surface area contributed by atoms with Crippen LogP contribution in [0.15, 0.2) is 30.8 Å². The number of benzene rings is 2. The molecule has 26 heavy (non-hydrogen) atoms. The van der Waals surface area contributed by atoms with Gasteiger partial charge in [-0.05, 0) is 53.3 Å². The van der Waals surface area contributed by atoms with E-state index in [1.54, 1.807) is 24.3 Å². The molecule has 0 aliphatic rings. The van der Waals surface area contributed by atoms with Crippen LogP contribution in [0.4, 0.5) is 4.39 Å². The number of carbonyl (C=O) groups is 1. The van der Waals surface area contributed by atoms with Crippen LogP contribution in [0.5, 0.6) is 11.5 Å². The molecule has 0 saturated carbocycles. The molecule has 0 fully saturated rings. The summed E-state index contributed by atoms with van der Waals surface area (Å²) in [7, 11) is 0. The van der Waals surface area contributed by atoms with Gasteiger partial charge in [-0.3, -0.25) is 0 Å². The molecule has 0 aliphatic heterocycles. The zero-order valence-corrected chi connectivity index (χ0v) is 15.2. The van der Waals surface area contributed by atoms with Crippen LogP contribution in [0.3, 0.4) is 0 Å². The van der Waals surface area contributed by atoms with E-state index >= 15 is 0 Å². The summed E-state index contributed by atoms with van der Waals surface area (Å²) in [5, 5.41) is 18.7. The van der Waals surface area contributed by atoms with E-state index in [4.69, 9.17) is 9.84 Å². The highest BCUT2D eigenvalue weighted by Gasteiger charge is 2.18. The van der Waals surface area contributed by atoms with Gasteiger partial charge in [-0.2, -0.15) is 0 Å². The minimum atomic E-state index is -1.06. The fourth-order valence-electron chi connectivity index (χ4n) is 2.97. The number of hydrogen-bond acceptors (Lipinski definition) is 3. The van der Waals surface area contributed by atoms with Crippen molar-refractivity contribution < 1.29 is 24.1 Å². The first-order valence-corrected chi connectivity index (χ1v) is 8.35. The predicted molar refractivity (Wildman–Crippen MR) is 99.4 cm³/mol. The van der Waals surface area contributed by atoms with E-state index in [1.807, 2.05) is 20.8 Å². The van der Waals surface area contributed by atoms with Crippen LogP contribution in [0.1, 0.15) is 47.6 Å². The van der Waals surface area contributed by atoms with E-state index in [0.29, 0.717) is 23.3 Å². The number of carboxylic acid groups (broad SMARTS) is 1. The van der Waals surface area contributed by atoms with Gasteiger partial charge in [0.15, 0.2) is 6.61 Å². The van der Waals surface area contributed by atoms with Gasteiger partial charge < -0.3 is 14.9 Å². The second-order valence-electron chi connectivity index (χ2n) is 6.50. The van der Waals surface area contributed by atoms with Crippen molar-refractivity contribution >= 4 is 12.0 Å². The summed E-state index contributed by atoms with van der Waals surface area (Å²) in [6.07, 6.45) is 1.97. The van der Waals surface area contributed by atoms with E-state index in [2.05, 4.69) is 6.58 Å². The number of aliphatic carboxylic acids is 1. The topological polar surface area (TPSA) is 66.8 Å². The standard InChI is InChI=1S/C21H23FO4/c1-5-14-9-16(26-11-19(24)25)8-13(4)17(14)10-15-6-7-18(23)20(12(2)3)21(15)22/h5-9,12,23H,1,10-11H2,2-4H3,(H,24,25). The molecule has 2 N–H and O–H groups in total. The highest BCUT2D eigenvalue weighted by atomic mass is 19.1. The third-order valence-electron chi connectivity index (χ3n) is 4.24. The third-order valence-corrected chi connectivity index (χ3v) is 4.24. The Hall–Kier alpha value is -2.82. The molecule has 0 saturated heterocycles. The van der Waals surface area contributed by atoms with Crippen molar-refractivity contribution in [3.05, 3.63) is 64.5 Å². The summed E-state index contributed by atoms with van der Waals surface area (Å²) in [4.78, 5) is 10.7. The summed E-state index contributed by atoms with van der Waals surface area (Å²) in [5.74, 6) is -1.21. The van der Waals surface area contributed by atoms with Crippen molar-refractivity contribution in [3.63, 3.8) is 0 Å². The average Bonchev–Trinajstić information content (AvgIpc) is 2.56. The highest BCUT2D eigenvalue weighted by molar-refractivity contribution is 5.68. The van der Waals surface area contributed by atoms with Crippen molar-refractivity contribution in [2.24, 2.45) is 0 Å². The Morgan fingerprint density at radius 1 is 1.35 bits per heavy atom. The second-order valence-corrected chi connectivity index (χ2v) is 6.50. The first-order valence-electron chi connectivity index (χ1n) is 8.35. The number of rotatable bonds is 7. The van der Waals surface area contributed by atoms with Gasteiger partial charge in [-0.25, -0.2) is 9.18 Å². The highest BCUT2D eigenvalue weighted by Crippen LogP contribution is 2.33. The first-order chi connectivity index (χ1) is 12.2. The lowest BCUT2D eigenvalue weighted by atomic mass is 9.91. The first kappa shape index (κ1) is 19.5. The number of hydrogen-bond donors (Lipinski definition) is 2. The molecule has 0 aliphatic carbocycles. The summed E-state index contributed by atoms with van der Waals surface area (Å²) in [5.41, 5.74) is 3.27. The molecule has 0 amide bonds. The molecule has 0 bridgehead atoms. The minimum Gasteiger partial charge on any atom is -0.508 e. The Morgan fingerprint density at radius 3 is 2.62 bits per heavy atom. The number of ether oxygens (including phenoxy) is 1. The quantitative estimate of drug-likeness (QED) is 0.755. The van der Waals surface area contributed by atoms with E-state index in [1.165, 1.54) is 6.07 Å². The van der Waals surface area contributed by atoms with Gasteiger partial charge in [-0.15, -0.1) is 0 Å². The number of aromatic hydroxyl groups is 1. The Kier molecular flexibility index (Phi) is 6.03. The molecule has 2 aromatic rings. The molecule has 0 spiro atoms. The van der Waals surface area contributed by atoms with Gasteiger partial charge in [0.05, 0.1) is 0 Å². The number of phenols is 1. The summed E-state index contributed by atoms with van der Waals surface area (Å²) >= 11 is 0. The number of phenolic OH excluding ortho intramolecular Hbond substituents is 1. The van der Waals surface area contributed by atoms with Gasteiger partial charge >= 0.3 is 5.97 Å². The average molecular weight is 358 g/mol. The van der Waals surface area contributed by atoms with Gasteiger partial charge in [-0.1, -0.05) is 32.6 Å². The molecule has 0 unspecified atom stereocenters. The smallest absolute Gasteiger partial charge is 0.341 e. The molecule has 5 heteroatoms. The lowest BCUT2D eigenvalue weighted by Gasteiger charge is -2.16. The Bertz CT molecular complexity index is 840. The molecule has 0 aromatic heterocycles. The normalized spacial score (nSPS) is 10.8. The number of aryl methyl sites for hydroxylation is 1. The summed E-state index contributed by atoms with van der Waals surface area (Å²) in [6, 6.07) is 6.52. The molecule has 4 nitrogen and oxygen atoms in total. The molecule has 138 valence electrons. The third kappa shape index (κ3) is 4.23. The molecule has 2 rings (SSSR count). The van der Waals surface area contributed by atoms with Crippen molar-refractivity contribution in [3.8, 4) is 11.5 Å². The number of halogens is 1. The van der Waals surface area contributed by atoms with E-state index in [0.717, 1.165) is 16.7 Å². The summed E-state index contributed by atoms with van der Waals surface area (Å²) in [6.45, 7) is 8.88. The van der Waals surface area contributed by atoms with Crippen LogP contribution < -0.4 is 4.74 Å². The summed E-state index contributed by atoms with van der Waals surface area (Å²) < 4.78 is 20.1. The molecule has 0 heterocycles. The fourth-order valence-corrected chi connectivity index (χ4v) is 2.97. The Labute approximate surface area is 152 Å². The van der Waals surface area contributed by atoms with E-state index < -0.39 is 18.4 Å². The SMILES string of the molecule is C=Cc1cc(OCC(=O)O)cc(C)c1Cc1ccc(O)c(C(C)C)c1F. The van der Waals surface area contributed by atoms with Crippen LogP contribution in [0.25, 0.3) is 6.08 Å². The van der Waals surface area contributed by atoms with Gasteiger partial charge in [0.1, 0.15) is 17.3 Å². The van der Waals surface area contributed by atoms with Crippen molar-refractivity contribution in [2.75, 3.05) is 6.61 Å². The Balaban J connectivity index is 2.42. The molecular formula is C21H23FO4. The predicted octanol–water partition coefficient (Wildman–Crippen LogP) is 4.66. The monoisotopic (exact) mass is 358 g/mol. The van der Waals surface area contributed by atoms with E-state index in [-0.39, 0.29) is 11.7 Å².